The Hall–Kier alpha value is -1.87. The number of benzene rings is 1. The third-order valence-electron chi connectivity index (χ3n) is 2.47. The van der Waals surface area contributed by atoms with Crippen LogP contribution in [0.15, 0.2) is 48.7 Å². The van der Waals surface area contributed by atoms with Crippen LogP contribution in [0.3, 0.4) is 0 Å². The van der Waals surface area contributed by atoms with Gasteiger partial charge in [-0.25, -0.2) is 4.98 Å². The predicted octanol–water partition coefficient (Wildman–Crippen LogP) is 2.20. The smallest absolute Gasteiger partial charge is 0.213 e. The number of aliphatic hydroxyl groups excluding tert-OH is 1. The number of hydrogen-bond acceptors (Lipinski definition) is 3. The lowest BCUT2D eigenvalue weighted by atomic mass is 10.2. The van der Waals surface area contributed by atoms with Gasteiger partial charge in [0.15, 0.2) is 0 Å². The van der Waals surface area contributed by atoms with Crippen LogP contribution in [-0.2, 0) is 13.0 Å². The van der Waals surface area contributed by atoms with E-state index in [-0.39, 0.29) is 6.61 Å². The van der Waals surface area contributed by atoms with E-state index in [0.717, 1.165) is 12.0 Å². The SMILES string of the molecule is OCc1ccnc(OCCc2ccccc2)c1. The predicted molar refractivity (Wildman–Crippen MR) is 65.8 cm³/mol. The Kier molecular flexibility index (Phi) is 4.11. The molecule has 17 heavy (non-hydrogen) atoms. The van der Waals surface area contributed by atoms with Gasteiger partial charge in [-0.3, -0.25) is 0 Å². The maximum absolute atomic E-state index is 8.98. The standard InChI is InChI=1S/C14H15NO2/c16-11-13-6-8-15-14(10-13)17-9-7-12-4-2-1-3-5-12/h1-6,8,10,16H,7,9,11H2. The largest absolute Gasteiger partial charge is 0.477 e. The van der Waals surface area contributed by atoms with Gasteiger partial charge in [0.05, 0.1) is 13.2 Å². The number of hydrogen-bond donors (Lipinski definition) is 1. The Morgan fingerprint density at radius 2 is 1.88 bits per heavy atom. The highest BCUT2D eigenvalue weighted by atomic mass is 16.5. The molecule has 0 unspecified atom stereocenters. The first-order chi connectivity index (χ1) is 8.38. The molecule has 0 bridgehead atoms. The molecule has 0 saturated heterocycles. The Labute approximate surface area is 101 Å². The summed E-state index contributed by atoms with van der Waals surface area (Å²) in [6.07, 6.45) is 2.50. The van der Waals surface area contributed by atoms with Gasteiger partial charge in [-0.05, 0) is 17.2 Å². The van der Waals surface area contributed by atoms with Gasteiger partial charge >= 0.3 is 0 Å². The maximum Gasteiger partial charge on any atom is 0.213 e. The molecule has 88 valence electrons. The summed E-state index contributed by atoms with van der Waals surface area (Å²) in [6, 6.07) is 13.7. The first-order valence-corrected chi connectivity index (χ1v) is 5.61. The van der Waals surface area contributed by atoms with Crippen molar-refractivity contribution in [2.75, 3.05) is 6.61 Å². The third-order valence-corrected chi connectivity index (χ3v) is 2.47. The molecule has 1 aromatic carbocycles. The fourth-order valence-electron chi connectivity index (χ4n) is 1.55. The zero-order valence-electron chi connectivity index (χ0n) is 9.54. The van der Waals surface area contributed by atoms with E-state index in [2.05, 4.69) is 17.1 Å². The Balaban J connectivity index is 1.86. The van der Waals surface area contributed by atoms with E-state index in [1.807, 2.05) is 18.2 Å². The van der Waals surface area contributed by atoms with E-state index >= 15 is 0 Å². The minimum atomic E-state index is 0.0115. The summed E-state index contributed by atoms with van der Waals surface area (Å²) in [5.74, 6) is 0.562. The molecule has 0 amide bonds. The van der Waals surface area contributed by atoms with E-state index in [4.69, 9.17) is 9.84 Å². The monoisotopic (exact) mass is 229 g/mol. The van der Waals surface area contributed by atoms with Gasteiger partial charge in [0, 0.05) is 18.7 Å². The highest BCUT2D eigenvalue weighted by Crippen LogP contribution is 2.09. The van der Waals surface area contributed by atoms with E-state index in [0.29, 0.717) is 12.5 Å². The van der Waals surface area contributed by atoms with Crippen LogP contribution >= 0.6 is 0 Å². The van der Waals surface area contributed by atoms with Crippen molar-refractivity contribution in [2.45, 2.75) is 13.0 Å². The van der Waals surface area contributed by atoms with Gasteiger partial charge in [0.1, 0.15) is 0 Å². The van der Waals surface area contributed by atoms with Crippen molar-refractivity contribution in [3.8, 4) is 5.88 Å². The molecule has 0 aliphatic rings. The second-order valence-electron chi connectivity index (χ2n) is 3.74. The van der Waals surface area contributed by atoms with Crippen LogP contribution < -0.4 is 4.74 Å². The highest BCUT2D eigenvalue weighted by Gasteiger charge is 1.98. The fourth-order valence-corrected chi connectivity index (χ4v) is 1.55. The van der Waals surface area contributed by atoms with Crippen LogP contribution in [0.4, 0.5) is 0 Å². The minimum absolute atomic E-state index is 0.0115. The quantitative estimate of drug-likeness (QED) is 0.854. The number of pyridine rings is 1. The third kappa shape index (κ3) is 3.57. The summed E-state index contributed by atoms with van der Waals surface area (Å²) in [5.41, 5.74) is 2.06. The van der Waals surface area contributed by atoms with Crippen molar-refractivity contribution in [3.63, 3.8) is 0 Å². The van der Waals surface area contributed by atoms with Crippen molar-refractivity contribution in [1.29, 1.82) is 0 Å². The molecule has 0 aliphatic carbocycles. The lowest BCUT2D eigenvalue weighted by Crippen LogP contribution is -2.02. The summed E-state index contributed by atoms with van der Waals surface area (Å²) < 4.78 is 5.53. The van der Waals surface area contributed by atoms with Gasteiger partial charge < -0.3 is 9.84 Å². The molecule has 2 rings (SSSR count). The van der Waals surface area contributed by atoms with Crippen LogP contribution in [0.2, 0.25) is 0 Å². The van der Waals surface area contributed by atoms with Crippen molar-refractivity contribution < 1.29 is 9.84 Å². The summed E-state index contributed by atoms with van der Waals surface area (Å²) in [4.78, 5) is 4.09. The summed E-state index contributed by atoms with van der Waals surface area (Å²) in [7, 11) is 0. The molecular formula is C14H15NO2. The Bertz CT molecular complexity index is 457. The van der Waals surface area contributed by atoms with Gasteiger partial charge in [-0.15, -0.1) is 0 Å². The number of ether oxygens (including phenoxy) is 1. The Morgan fingerprint density at radius 3 is 2.65 bits per heavy atom. The number of rotatable bonds is 5. The zero-order valence-corrected chi connectivity index (χ0v) is 9.54. The molecule has 1 heterocycles. The fraction of sp³-hybridized carbons (Fsp3) is 0.214. The number of aromatic nitrogens is 1. The van der Waals surface area contributed by atoms with Crippen LogP contribution in [0.25, 0.3) is 0 Å². The molecule has 0 aliphatic heterocycles. The molecule has 0 radical (unpaired) electrons. The topological polar surface area (TPSA) is 42.4 Å². The van der Waals surface area contributed by atoms with Gasteiger partial charge in [0.2, 0.25) is 5.88 Å². The zero-order chi connectivity index (χ0) is 11.9. The van der Waals surface area contributed by atoms with Crippen LogP contribution in [0.1, 0.15) is 11.1 Å². The number of aliphatic hydroxyl groups is 1. The molecular weight excluding hydrogens is 214 g/mol. The normalized spacial score (nSPS) is 10.2. The van der Waals surface area contributed by atoms with Crippen LogP contribution in [0, 0.1) is 0 Å². The highest BCUT2D eigenvalue weighted by molar-refractivity contribution is 5.20. The lowest BCUT2D eigenvalue weighted by Gasteiger charge is -2.06. The molecule has 0 atom stereocenters. The number of nitrogens with zero attached hydrogens (tertiary/aromatic N) is 1. The van der Waals surface area contributed by atoms with Crippen molar-refractivity contribution in [1.82, 2.24) is 4.98 Å². The second-order valence-corrected chi connectivity index (χ2v) is 3.74. The van der Waals surface area contributed by atoms with Gasteiger partial charge in [0.25, 0.3) is 0 Å². The molecule has 0 fully saturated rings. The van der Waals surface area contributed by atoms with Gasteiger partial charge in [-0.1, -0.05) is 30.3 Å². The van der Waals surface area contributed by atoms with Crippen molar-refractivity contribution in [3.05, 3.63) is 59.8 Å². The summed E-state index contributed by atoms with van der Waals surface area (Å²) in [5, 5.41) is 8.98. The van der Waals surface area contributed by atoms with Crippen molar-refractivity contribution in [2.24, 2.45) is 0 Å². The molecule has 0 saturated carbocycles. The van der Waals surface area contributed by atoms with Crippen LogP contribution in [-0.4, -0.2) is 16.7 Å². The average Bonchev–Trinajstić information content (AvgIpc) is 2.40. The molecule has 1 aromatic heterocycles. The molecule has 2 aromatic rings. The van der Waals surface area contributed by atoms with Gasteiger partial charge in [-0.2, -0.15) is 0 Å². The lowest BCUT2D eigenvalue weighted by molar-refractivity contribution is 0.277. The second kappa shape index (κ2) is 6.01. The van der Waals surface area contributed by atoms with E-state index in [1.54, 1.807) is 18.3 Å². The van der Waals surface area contributed by atoms with E-state index in [9.17, 15) is 0 Å². The molecule has 3 nitrogen and oxygen atoms in total. The summed E-state index contributed by atoms with van der Waals surface area (Å²) in [6.45, 7) is 0.601. The summed E-state index contributed by atoms with van der Waals surface area (Å²) >= 11 is 0. The molecule has 1 N–H and O–H groups in total. The Morgan fingerprint density at radius 1 is 1.06 bits per heavy atom. The van der Waals surface area contributed by atoms with E-state index < -0.39 is 0 Å². The van der Waals surface area contributed by atoms with Crippen molar-refractivity contribution >= 4 is 0 Å². The average molecular weight is 229 g/mol. The molecule has 0 spiro atoms. The van der Waals surface area contributed by atoms with E-state index in [1.165, 1.54) is 5.56 Å². The van der Waals surface area contributed by atoms with Crippen LogP contribution in [0.5, 0.6) is 5.88 Å². The first-order valence-electron chi connectivity index (χ1n) is 5.61. The minimum Gasteiger partial charge on any atom is -0.477 e. The first kappa shape index (κ1) is 11.6. The molecule has 3 heteroatoms. The maximum atomic E-state index is 8.98.